The van der Waals surface area contributed by atoms with Gasteiger partial charge in [0, 0.05) is 29.9 Å². The molecule has 1 amide bonds. The second kappa shape index (κ2) is 9.21. The molecule has 1 saturated heterocycles. The van der Waals surface area contributed by atoms with E-state index in [-0.39, 0.29) is 29.4 Å². The number of fused-ring (bicyclic) bond motifs is 1. The number of ether oxygens (including phenoxy) is 1. The van der Waals surface area contributed by atoms with Crippen molar-refractivity contribution in [1.82, 2.24) is 14.3 Å². The minimum absolute atomic E-state index is 0.107. The van der Waals surface area contributed by atoms with Crippen LogP contribution in [0, 0.1) is 12.7 Å². The molecule has 4 aromatic rings. The van der Waals surface area contributed by atoms with Gasteiger partial charge in [0.25, 0.3) is 5.91 Å². The summed E-state index contributed by atoms with van der Waals surface area (Å²) in [4.78, 5) is 20.7. The SMILES string of the molecule is Cc1ccc(C(=O)Nc2ccc3nc(-c4cccc(F)c4)[nH]c3c2)cc1S(=O)(=O)N1CCOCC1. The maximum absolute atomic E-state index is 13.6. The Morgan fingerprint density at radius 1 is 1.09 bits per heavy atom. The van der Waals surface area contributed by atoms with E-state index in [0.717, 1.165) is 0 Å². The molecule has 2 N–H and O–H groups in total. The zero-order valence-electron chi connectivity index (χ0n) is 18.9. The lowest BCUT2D eigenvalue weighted by molar-refractivity contribution is 0.0730. The molecule has 5 rings (SSSR count). The lowest BCUT2D eigenvalue weighted by Crippen LogP contribution is -2.40. The molecular weight excluding hydrogens is 471 g/mol. The lowest BCUT2D eigenvalue weighted by Gasteiger charge is -2.26. The van der Waals surface area contributed by atoms with Crippen LogP contribution in [0.15, 0.2) is 65.6 Å². The third-order valence-corrected chi connectivity index (χ3v) is 7.92. The molecule has 0 atom stereocenters. The minimum Gasteiger partial charge on any atom is -0.379 e. The number of H-pyrrole nitrogens is 1. The Kier molecular flexibility index (Phi) is 6.10. The Bertz CT molecular complexity index is 1530. The average Bonchev–Trinajstić information content (AvgIpc) is 3.28. The van der Waals surface area contributed by atoms with Crippen LogP contribution in [0.5, 0.6) is 0 Å². The Hall–Kier alpha value is -3.60. The summed E-state index contributed by atoms with van der Waals surface area (Å²) in [5, 5.41) is 2.81. The van der Waals surface area contributed by atoms with Gasteiger partial charge in [0.05, 0.1) is 29.1 Å². The number of sulfonamides is 1. The molecule has 1 aromatic heterocycles. The van der Waals surface area contributed by atoms with Crippen LogP contribution in [0.3, 0.4) is 0 Å². The first-order valence-electron chi connectivity index (χ1n) is 11.1. The third kappa shape index (κ3) is 4.68. The van der Waals surface area contributed by atoms with Gasteiger partial charge < -0.3 is 15.0 Å². The maximum atomic E-state index is 13.6. The van der Waals surface area contributed by atoms with Crippen LogP contribution < -0.4 is 5.32 Å². The highest BCUT2D eigenvalue weighted by Gasteiger charge is 2.28. The van der Waals surface area contributed by atoms with Gasteiger partial charge in [-0.25, -0.2) is 17.8 Å². The molecule has 0 unspecified atom stereocenters. The normalized spacial score (nSPS) is 14.8. The van der Waals surface area contributed by atoms with E-state index in [4.69, 9.17) is 4.74 Å². The van der Waals surface area contributed by atoms with Crippen molar-refractivity contribution >= 4 is 32.7 Å². The Balaban J connectivity index is 1.39. The highest BCUT2D eigenvalue weighted by Crippen LogP contribution is 2.25. The Morgan fingerprint density at radius 2 is 1.89 bits per heavy atom. The van der Waals surface area contributed by atoms with Crippen LogP contribution in [0.25, 0.3) is 22.4 Å². The highest BCUT2D eigenvalue weighted by molar-refractivity contribution is 7.89. The van der Waals surface area contributed by atoms with E-state index >= 15 is 0 Å². The first kappa shape index (κ1) is 23.2. The van der Waals surface area contributed by atoms with E-state index in [0.29, 0.717) is 46.9 Å². The summed E-state index contributed by atoms with van der Waals surface area (Å²) in [5.74, 6) is -0.281. The molecule has 0 bridgehead atoms. The molecule has 2 heterocycles. The van der Waals surface area contributed by atoms with Crippen molar-refractivity contribution < 1.29 is 22.3 Å². The minimum atomic E-state index is -3.74. The number of benzene rings is 3. The first-order chi connectivity index (χ1) is 16.8. The zero-order valence-corrected chi connectivity index (χ0v) is 19.7. The molecule has 3 aromatic carbocycles. The number of carbonyl (C=O) groups excluding carboxylic acids is 1. The molecule has 10 heteroatoms. The van der Waals surface area contributed by atoms with Crippen molar-refractivity contribution in [3.05, 3.63) is 77.6 Å². The number of nitrogens with zero attached hydrogens (tertiary/aromatic N) is 2. The van der Waals surface area contributed by atoms with E-state index in [1.165, 1.54) is 22.5 Å². The maximum Gasteiger partial charge on any atom is 0.255 e. The van der Waals surface area contributed by atoms with E-state index in [1.807, 2.05) is 0 Å². The van der Waals surface area contributed by atoms with Gasteiger partial charge in [-0.2, -0.15) is 4.31 Å². The summed E-state index contributed by atoms with van der Waals surface area (Å²) in [6, 6.07) is 15.9. The number of aryl methyl sites for hydroxylation is 1. The quantitative estimate of drug-likeness (QED) is 0.437. The summed E-state index contributed by atoms with van der Waals surface area (Å²) in [6.07, 6.45) is 0. The number of hydrogen-bond donors (Lipinski definition) is 2. The van der Waals surface area contributed by atoms with E-state index < -0.39 is 15.9 Å². The van der Waals surface area contributed by atoms with Crippen LogP contribution >= 0.6 is 0 Å². The van der Waals surface area contributed by atoms with E-state index in [2.05, 4.69) is 15.3 Å². The van der Waals surface area contributed by atoms with Crippen LogP contribution in [-0.2, 0) is 14.8 Å². The topological polar surface area (TPSA) is 104 Å². The van der Waals surface area contributed by atoms with Crippen LogP contribution in [0.1, 0.15) is 15.9 Å². The van der Waals surface area contributed by atoms with Gasteiger partial charge in [-0.05, 0) is 55.0 Å². The standard InChI is InChI=1S/C25H23FN4O4S/c1-16-5-6-18(14-23(16)35(32,33)30-9-11-34-12-10-30)25(31)27-20-7-8-21-22(15-20)29-24(28-21)17-3-2-4-19(26)13-17/h2-8,13-15H,9-12H2,1H3,(H,27,31)(H,28,29). The average molecular weight is 495 g/mol. The Labute approximate surface area is 201 Å². The van der Waals surface area contributed by atoms with Gasteiger partial charge in [-0.15, -0.1) is 0 Å². The smallest absolute Gasteiger partial charge is 0.255 e. The summed E-state index contributed by atoms with van der Waals surface area (Å²) in [5.41, 5.74) is 3.25. The first-order valence-corrected chi connectivity index (χ1v) is 12.5. The number of hydrogen-bond acceptors (Lipinski definition) is 5. The molecule has 0 saturated carbocycles. The second-order valence-corrected chi connectivity index (χ2v) is 10.2. The van der Waals surface area contributed by atoms with Crippen LogP contribution in [0.4, 0.5) is 10.1 Å². The van der Waals surface area contributed by atoms with Crippen molar-refractivity contribution in [1.29, 1.82) is 0 Å². The van der Waals surface area contributed by atoms with Crippen LogP contribution in [-0.4, -0.2) is 54.9 Å². The van der Waals surface area contributed by atoms with Gasteiger partial charge in [-0.1, -0.05) is 18.2 Å². The fourth-order valence-electron chi connectivity index (χ4n) is 4.01. The predicted molar refractivity (Wildman–Crippen MR) is 130 cm³/mol. The van der Waals surface area contributed by atoms with E-state index in [1.54, 1.807) is 49.4 Å². The molecule has 0 radical (unpaired) electrons. The molecule has 1 fully saturated rings. The zero-order chi connectivity index (χ0) is 24.6. The fourth-order valence-corrected chi connectivity index (χ4v) is 5.67. The number of halogens is 1. The lowest BCUT2D eigenvalue weighted by atomic mass is 10.1. The Morgan fingerprint density at radius 3 is 2.66 bits per heavy atom. The fraction of sp³-hybridized carbons (Fsp3) is 0.200. The largest absolute Gasteiger partial charge is 0.379 e. The van der Waals surface area contributed by atoms with Crippen molar-refractivity contribution in [3.8, 4) is 11.4 Å². The molecule has 1 aliphatic rings. The van der Waals surface area contributed by atoms with Gasteiger partial charge in [0.2, 0.25) is 10.0 Å². The number of carbonyl (C=O) groups is 1. The number of imidazole rings is 1. The molecule has 180 valence electrons. The van der Waals surface area contributed by atoms with Crippen molar-refractivity contribution in [2.45, 2.75) is 11.8 Å². The number of nitrogens with one attached hydrogen (secondary N) is 2. The molecule has 8 nitrogen and oxygen atoms in total. The molecule has 1 aliphatic heterocycles. The summed E-state index contributed by atoms with van der Waals surface area (Å²) >= 11 is 0. The molecule has 35 heavy (non-hydrogen) atoms. The monoisotopic (exact) mass is 494 g/mol. The van der Waals surface area contributed by atoms with Crippen LogP contribution in [0.2, 0.25) is 0 Å². The van der Waals surface area contributed by atoms with Crippen molar-refractivity contribution in [2.24, 2.45) is 0 Å². The van der Waals surface area contributed by atoms with Gasteiger partial charge in [0.1, 0.15) is 11.6 Å². The number of rotatable bonds is 5. The van der Waals surface area contributed by atoms with Gasteiger partial charge in [-0.3, -0.25) is 4.79 Å². The number of aromatic nitrogens is 2. The van der Waals surface area contributed by atoms with Gasteiger partial charge in [0.15, 0.2) is 0 Å². The summed E-state index contributed by atoms with van der Waals surface area (Å²) in [7, 11) is -3.74. The summed E-state index contributed by atoms with van der Waals surface area (Å²) < 4.78 is 46.5. The summed E-state index contributed by atoms with van der Waals surface area (Å²) in [6.45, 7) is 2.95. The number of aromatic amines is 1. The third-order valence-electron chi connectivity index (χ3n) is 5.88. The van der Waals surface area contributed by atoms with Crippen molar-refractivity contribution in [2.75, 3.05) is 31.6 Å². The number of morpholine rings is 1. The highest BCUT2D eigenvalue weighted by atomic mass is 32.2. The molecule has 0 aliphatic carbocycles. The molecular formula is C25H23FN4O4S. The number of amides is 1. The number of anilines is 1. The van der Waals surface area contributed by atoms with Crippen molar-refractivity contribution in [3.63, 3.8) is 0 Å². The predicted octanol–water partition coefficient (Wildman–Crippen LogP) is 3.95. The second-order valence-electron chi connectivity index (χ2n) is 8.28. The van der Waals surface area contributed by atoms with Gasteiger partial charge >= 0.3 is 0 Å². The van der Waals surface area contributed by atoms with E-state index in [9.17, 15) is 17.6 Å². The molecule has 0 spiro atoms.